The quantitative estimate of drug-likeness (QED) is 0.345. The summed E-state index contributed by atoms with van der Waals surface area (Å²) in [6.45, 7) is 13.1. The molecule has 36 heavy (non-hydrogen) atoms. The second-order valence-electron chi connectivity index (χ2n) is 9.83. The third-order valence-electron chi connectivity index (χ3n) is 6.04. The van der Waals surface area contributed by atoms with E-state index >= 15 is 0 Å². The van der Waals surface area contributed by atoms with Gasteiger partial charge in [-0.3, -0.25) is 4.79 Å². The molecular weight excluding hydrogens is 470 g/mol. The van der Waals surface area contributed by atoms with Gasteiger partial charge >= 0.3 is 0 Å². The van der Waals surface area contributed by atoms with E-state index < -0.39 is 6.04 Å². The number of aromatic nitrogens is 3. The Kier molecular flexibility index (Phi) is 7.73. The molecule has 0 saturated carbocycles. The molecule has 7 nitrogen and oxygen atoms in total. The van der Waals surface area contributed by atoms with Crippen molar-refractivity contribution in [3.8, 4) is 5.75 Å². The zero-order valence-corrected chi connectivity index (χ0v) is 22.7. The fourth-order valence-electron chi connectivity index (χ4n) is 4.19. The largest absolute Gasteiger partial charge is 0.492 e. The molecule has 1 aliphatic rings. The number of thioether (sulfide) groups is 1. The molecule has 2 N–H and O–H groups in total. The SMILES string of the molecule is CCCSc1nc2n(n1)C(c1ccc(C(C)(C)C)cc1)C(C(=O)Nc1ccccc1OCC)=C(C)N2. The third kappa shape index (κ3) is 5.43. The Hall–Kier alpha value is -3.26. The molecule has 0 bridgehead atoms. The van der Waals surface area contributed by atoms with Crippen molar-refractivity contribution in [3.63, 3.8) is 0 Å². The predicted octanol–water partition coefficient (Wildman–Crippen LogP) is 6.40. The lowest BCUT2D eigenvalue weighted by Gasteiger charge is -2.29. The highest BCUT2D eigenvalue weighted by Gasteiger charge is 2.35. The van der Waals surface area contributed by atoms with Crippen LogP contribution in [0.4, 0.5) is 11.6 Å². The standard InChI is InChI=1S/C28H35N5O2S/c1-7-17-36-27-31-26-29-18(3)23(25(34)30-21-11-9-10-12-22(21)35-8-2)24(33(26)32-27)19-13-15-20(16-14-19)28(4,5)6/h9-16,24H,7-8,17H2,1-6H3,(H,30,34)(H,29,31,32). The molecular formula is C28H35N5O2S. The van der Waals surface area contributed by atoms with Gasteiger partial charge in [-0.2, -0.15) is 4.98 Å². The van der Waals surface area contributed by atoms with Crippen molar-refractivity contribution in [3.05, 3.63) is 70.9 Å². The second kappa shape index (κ2) is 10.8. The van der Waals surface area contributed by atoms with Gasteiger partial charge in [0.1, 0.15) is 11.8 Å². The molecule has 0 radical (unpaired) electrons. The van der Waals surface area contributed by atoms with E-state index in [2.05, 4.69) is 62.6 Å². The monoisotopic (exact) mass is 505 g/mol. The van der Waals surface area contributed by atoms with Crippen molar-refractivity contribution in [1.82, 2.24) is 14.8 Å². The number of anilines is 2. The number of para-hydroxylation sites is 2. The van der Waals surface area contributed by atoms with Gasteiger partial charge in [-0.15, -0.1) is 5.10 Å². The van der Waals surface area contributed by atoms with Crippen molar-refractivity contribution in [1.29, 1.82) is 0 Å². The van der Waals surface area contributed by atoms with E-state index in [0.717, 1.165) is 23.4 Å². The van der Waals surface area contributed by atoms with Gasteiger partial charge in [0, 0.05) is 11.4 Å². The van der Waals surface area contributed by atoms with E-state index in [1.165, 1.54) is 5.56 Å². The molecule has 2 heterocycles. The Bertz CT molecular complexity index is 1260. The minimum absolute atomic E-state index is 0.0317. The molecule has 1 aromatic heterocycles. The molecule has 0 spiro atoms. The van der Waals surface area contributed by atoms with Gasteiger partial charge in [0.2, 0.25) is 11.1 Å². The zero-order valence-electron chi connectivity index (χ0n) is 21.9. The van der Waals surface area contributed by atoms with E-state index in [0.29, 0.717) is 34.7 Å². The molecule has 0 aliphatic carbocycles. The summed E-state index contributed by atoms with van der Waals surface area (Å²) in [4.78, 5) is 18.5. The molecule has 190 valence electrons. The number of carbonyl (C=O) groups excluding carboxylic acids is 1. The van der Waals surface area contributed by atoms with Crippen LogP contribution in [0.2, 0.25) is 0 Å². The Morgan fingerprint density at radius 1 is 1.14 bits per heavy atom. The number of hydrogen-bond acceptors (Lipinski definition) is 6. The van der Waals surface area contributed by atoms with Crippen molar-refractivity contribution < 1.29 is 9.53 Å². The van der Waals surface area contributed by atoms with E-state index in [9.17, 15) is 4.79 Å². The summed E-state index contributed by atoms with van der Waals surface area (Å²) < 4.78 is 7.56. The van der Waals surface area contributed by atoms with Gasteiger partial charge in [-0.1, -0.05) is 75.9 Å². The fourth-order valence-corrected chi connectivity index (χ4v) is 4.88. The number of amides is 1. The number of fused-ring (bicyclic) bond motifs is 1. The molecule has 0 saturated heterocycles. The maximum Gasteiger partial charge on any atom is 0.255 e. The van der Waals surface area contributed by atoms with Crippen molar-refractivity contribution >= 4 is 29.3 Å². The Morgan fingerprint density at radius 2 is 1.86 bits per heavy atom. The number of nitrogens with zero attached hydrogens (tertiary/aromatic N) is 3. The van der Waals surface area contributed by atoms with E-state index in [1.807, 2.05) is 42.8 Å². The van der Waals surface area contributed by atoms with Gasteiger partial charge in [-0.25, -0.2) is 4.68 Å². The number of benzene rings is 2. The molecule has 1 atom stereocenters. The lowest BCUT2D eigenvalue weighted by Crippen LogP contribution is -2.31. The summed E-state index contributed by atoms with van der Waals surface area (Å²) >= 11 is 1.62. The lowest BCUT2D eigenvalue weighted by molar-refractivity contribution is -0.113. The maximum atomic E-state index is 13.8. The van der Waals surface area contributed by atoms with E-state index in [4.69, 9.17) is 14.8 Å². The highest BCUT2D eigenvalue weighted by atomic mass is 32.2. The average Bonchev–Trinajstić information content (AvgIpc) is 3.25. The van der Waals surface area contributed by atoms with Gasteiger partial charge in [0.05, 0.1) is 17.9 Å². The lowest BCUT2D eigenvalue weighted by atomic mass is 9.85. The molecule has 3 aromatic rings. The van der Waals surface area contributed by atoms with E-state index in [-0.39, 0.29) is 11.3 Å². The molecule has 8 heteroatoms. The van der Waals surface area contributed by atoms with Crippen LogP contribution in [0.1, 0.15) is 65.1 Å². The van der Waals surface area contributed by atoms with Crippen LogP contribution >= 0.6 is 11.8 Å². The normalized spacial score (nSPS) is 15.3. The molecule has 4 rings (SSSR count). The third-order valence-corrected chi connectivity index (χ3v) is 7.08. The summed E-state index contributed by atoms with van der Waals surface area (Å²) in [5, 5.41) is 11.9. The highest BCUT2D eigenvalue weighted by molar-refractivity contribution is 7.99. The smallest absolute Gasteiger partial charge is 0.255 e. The predicted molar refractivity (Wildman–Crippen MR) is 147 cm³/mol. The number of ether oxygens (including phenoxy) is 1. The number of hydrogen-bond donors (Lipinski definition) is 2. The van der Waals surface area contributed by atoms with Crippen LogP contribution in [0, 0.1) is 0 Å². The number of carbonyl (C=O) groups is 1. The fraction of sp³-hybridized carbons (Fsp3) is 0.393. The summed E-state index contributed by atoms with van der Waals surface area (Å²) in [6.07, 6.45) is 1.03. The second-order valence-corrected chi connectivity index (χ2v) is 10.9. The topological polar surface area (TPSA) is 81.1 Å². The van der Waals surface area contributed by atoms with Crippen LogP contribution in [0.3, 0.4) is 0 Å². The molecule has 1 unspecified atom stereocenters. The first-order chi connectivity index (χ1) is 17.2. The Morgan fingerprint density at radius 3 is 2.53 bits per heavy atom. The summed E-state index contributed by atoms with van der Waals surface area (Å²) in [5.74, 6) is 2.01. The zero-order chi connectivity index (χ0) is 25.9. The number of allylic oxidation sites excluding steroid dienone is 1. The number of nitrogens with one attached hydrogen (secondary N) is 2. The van der Waals surface area contributed by atoms with Crippen LogP contribution in [0.15, 0.2) is 65.0 Å². The molecule has 1 amide bonds. The molecule has 2 aromatic carbocycles. The first-order valence-corrected chi connectivity index (χ1v) is 13.4. The van der Waals surface area contributed by atoms with Crippen molar-refractivity contribution in [2.75, 3.05) is 23.0 Å². The number of rotatable bonds is 8. The van der Waals surface area contributed by atoms with Crippen LogP contribution in [0.5, 0.6) is 5.75 Å². The summed E-state index contributed by atoms with van der Waals surface area (Å²) in [6, 6.07) is 15.5. The first-order valence-electron chi connectivity index (χ1n) is 12.4. The minimum Gasteiger partial charge on any atom is -0.492 e. The van der Waals surface area contributed by atoms with E-state index in [1.54, 1.807) is 11.8 Å². The molecule has 0 fully saturated rings. The van der Waals surface area contributed by atoms with Crippen LogP contribution in [-0.2, 0) is 10.2 Å². The summed E-state index contributed by atoms with van der Waals surface area (Å²) in [5.41, 5.74) is 4.22. The van der Waals surface area contributed by atoms with Gasteiger partial charge in [0.15, 0.2) is 0 Å². The van der Waals surface area contributed by atoms with Gasteiger partial charge in [-0.05, 0) is 48.9 Å². The molecule has 1 aliphatic heterocycles. The summed E-state index contributed by atoms with van der Waals surface area (Å²) in [7, 11) is 0. The van der Waals surface area contributed by atoms with Crippen molar-refractivity contribution in [2.45, 2.75) is 64.6 Å². The minimum atomic E-state index is -0.419. The Balaban J connectivity index is 1.76. The Labute approximate surface area is 217 Å². The van der Waals surface area contributed by atoms with Gasteiger partial charge < -0.3 is 15.4 Å². The van der Waals surface area contributed by atoms with Gasteiger partial charge in [0.25, 0.3) is 5.91 Å². The van der Waals surface area contributed by atoms with Crippen LogP contribution in [0.25, 0.3) is 0 Å². The average molecular weight is 506 g/mol. The van der Waals surface area contributed by atoms with Crippen LogP contribution < -0.4 is 15.4 Å². The first kappa shape index (κ1) is 25.8. The highest BCUT2D eigenvalue weighted by Crippen LogP contribution is 2.38. The van der Waals surface area contributed by atoms with Crippen molar-refractivity contribution in [2.24, 2.45) is 0 Å². The maximum absolute atomic E-state index is 13.8. The van der Waals surface area contributed by atoms with Crippen LogP contribution in [-0.4, -0.2) is 33.0 Å².